The van der Waals surface area contributed by atoms with Crippen molar-refractivity contribution in [3.63, 3.8) is 0 Å². The quantitative estimate of drug-likeness (QED) is 0.335. The number of benzene rings is 2. The maximum absolute atomic E-state index is 10.8. The van der Waals surface area contributed by atoms with Crippen LogP contribution in [0.5, 0.6) is 0 Å². The van der Waals surface area contributed by atoms with Gasteiger partial charge < -0.3 is 4.42 Å². The monoisotopic (exact) mass is 363 g/mol. The fraction of sp³-hybridized carbons (Fsp3) is 0.0500. The minimum atomic E-state index is -0.446. The third-order valence-corrected chi connectivity index (χ3v) is 3.97. The van der Waals surface area contributed by atoms with E-state index in [9.17, 15) is 20.2 Å². The molecule has 136 valence electrons. The van der Waals surface area contributed by atoms with E-state index in [0.717, 1.165) is 22.8 Å². The lowest BCUT2D eigenvalue weighted by molar-refractivity contribution is -0.385. The summed E-state index contributed by atoms with van der Waals surface area (Å²) >= 11 is 0. The number of nitro benzene ring substituents is 2. The molecule has 0 spiro atoms. The Hall–Kier alpha value is -3.87. The van der Waals surface area contributed by atoms with Gasteiger partial charge in [-0.25, -0.2) is 0 Å². The first-order valence-corrected chi connectivity index (χ1v) is 8.08. The Labute approximate surface area is 154 Å². The van der Waals surface area contributed by atoms with E-state index in [2.05, 4.69) is 0 Å². The summed E-state index contributed by atoms with van der Waals surface area (Å²) in [7, 11) is 0. The number of rotatable bonds is 7. The highest BCUT2D eigenvalue weighted by Gasteiger charge is 2.08. The molecule has 0 atom stereocenters. The maximum atomic E-state index is 10.8. The zero-order valence-corrected chi connectivity index (χ0v) is 14.1. The van der Waals surface area contributed by atoms with Crippen LogP contribution in [0.1, 0.15) is 16.9 Å². The molecule has 0 saturated heterocycles. The molecule has 0 N–H and O–H groups in total. The van der Waals surface area contributed by atoms with Crippen LogP contribution >= 0.6 is 0 Å². The minimum absolute atomic E-state index is 0.0236. The van der Waals surface area contributed by atoms with Crippen LogP contribution in [-0.2, 0) is 6.42 Å². The highest BCUT2D eigenvalue weighted by Crippen LogP contribution is 2.25. The van der Waals surface area contributed by atoms with E-state index in [1.165, 1.54) is 24.3 Å². The molecule has 2 aromatic carbocycles. The van der Waals surface area contributed by atoms with Crippen molar-refractivity contribution < 1.29 is 14.3 Å². The summed E-state index contributed by atoms with van der Waals surface area (Å²) < 4.78 is 5.40. The van der Waals surface area contributed by atoms with E-state index < -0.39 is 9.85 Å². The topological polar surface area (TPSA) is 99.4 Å². The van der Waals surface area contributed by atoms with Crippen molar-refractivity contribution in [1.82, 2.24) is 0 Å². The molecule has 0 bridgehead atoms. The fourth-order valence-corrected chi connectivity index (χ4v) is 2.56. The molecule has 1 heterocycles. The number of hydrogen-bond donors (Lipinski definition) is 0. The van der Waals surface area contributed by atoms with Gasteiger partial charge in [-0.3, -0.25) is 20.2 Å². The van der Waals surface area contributed by atoms with E-state index in [0.29, 0.717) is 6.42 Å². The third kappa shape index (κ3) is 4.60. The molecule has 3 aromatic rings. The van der Waals surface area contributed by atoms with Gasteiger partial charge in [0.05, 0.1) is 21.9 Å². The van der Waals surface area contributed by atoms with Crippen molar-refractivity contribution in [2.75, 3.05) is 0 Å². The Morgan fingerprint density at radius 2 is 1.48 bits per heavy atom. The van der Waals surface area contributed by atoms with Crippen molar-refractivity contribution in [2.45, 2.75) is 6.42 Å². The summed E-state index contributed by atoms with van der Waals surface area (Å²) in [5, 5.41) is 21.6. The molecule has 1 aromatic heterocycles. The normalized spacial score (nSPS) is 10.8. The highest BCUT2D eigenvalue weighted by molar-refractivity contribution is 5.57. The third-order valence-electron chi connectivity index (χ3n) is 3.97. The van der Waals surface area contributed by atoms with Crippen molar-refractivity contribution in [1.29, 1.82) is 0 Å². The van der Waals surface area contributed by atoms with Gasteiger partial charge >= 0.3 is 0 Å². The smallest absolute Gasteiger partial charge is 0.269 e. The van der Waals surface area contributed by atoms with Crippen LogP contribution in [0.15, 0.2) is 77.4 Å². The Morgan fingerprint density at radius 1 is 0.889 bits per heavy atom. The standard InChI is InChI=1S/C20H15N2O5/c23-21(24)18-9-4-15(5-10-18)3-6-17(14-20-2-1-13-27-20)16-7-11-19(12-8-16)22(25)26/h1-13H,14H2/q-1/b6-3+. The fourth-order valence-electron chi connectivity index (χ4n) is 2.56. The second-order valence-electron chi connectivity index (χ2n) is 5.77. The number of allylic oxidation sites excluding steroid dienone is 1. The second kappa shape index (κ2) is 8.01. The van der Waals surface area contributed by atoms with Gasteiger partial charge in [-0.15, -0.1) is 35.8 Å². The van der Waals surface area contributed by atoms with Crippen molar-refractivity contribution >= 4 is 17.5 Å². The Balaban J connectivity index is 1.84. The number of nitrogens with zero attached hydrogens (tertiary/aromatic N) is 2. The summed E-state index contributed by atoms with van der Waals surface area (Å²) in [6.07, 6.45) is 5.81. The molecule has 3 rings (SSSR count). The summed E-state index contributed by atoms with van der Waals surface area (Å²) in [6, 6.07) is 16.1. The molecule has 0 amide bonds. The average Bonchev–Trinajstić information content (AvgIpc) is 3.18. The van der Waals surface area contributed by atoms with Gasteiger partial charge in [0.25, 0.3) is 11.4 Å². The molecule has 7 nitrogen and oxygen atoms in total. The Bertz CT molecular complexity index is 945. The predicted molar refractivity (Wildman–Crippen MR) is 100.0 cm³/mol. The van der Waals surface area contributed by atoms with Gasteiger partial charge in [-0.1, -0.05) is 17.7 Å². The van der Waals surface area contributed by atoms with E-state index in [1.54, 1.807) is 36.6 Å². The van der Waals surface area contributed by atoms with Gasteiger partial charge in [-0.05, 0) is 30.7 Å². The van der Waals surface area contributed by atoms with Crippen LogP contribution < -0.4 is 0 Å². The summed E-state index contributed by atoms with van der Waals surface area (Å²) in [5.74, 6) is 1.66. The minimum Gasteiger partial charge on any atom is -0.470 e. The lowest BCUT2D eigenvalue weighted by Gasteiger charge is -2.19. The average molecular weight is 363 g/mol. The number of furan rings is 1. The summed E-state index contributed by atoms with van der Waals surface area (Å²) in [6.45, 7) is 0. The van der Waals surface area contributed by atoms with E-state index in [-0.39, 0.29) is 11.4 Å². The zero-order chi connectivity index (χ0) is 19.2. The molecule has 0 radical (unpaired) electrons. The number of nitro groups is 2. The van der Waals surface area contributed by atoms with Crippen LogP contribution in [-0.4, -0.2) is 9.85 Å². The summed E-state index contributed by atoms with van der Waals surface area (Å²) in [4.78, 5) is 20.7. The number of non-ortho nitro benzene ring substituents is 2. The number of hydrogen-bond acceptors (Lipinski definition) is 5. The van der Waals surface area contributed by atoms with E-state index in [1.807, 2.05) is 18.2 Å². The van der Waals surface area contributed by atoms with Crippen LogP contribution in [0.2, 0.25) is 0 Å². The second-order valence-corrected chi connectivity index (χ2v) is 5.77. The molecule has 0 unspecified atom stereocenters. The molecule has 27 heavy (non-hydrogen) atoms. The first-order chi connectivity index (χ1) is 13.0. The molecule has 7 heteroatoms. The molecule has 0 fully saturated rings. The van der Waals surface area contributed by atoms with Gasteiger partial charge in [0, 0.05) is 12.1 Å². The Morgan fingerprint density at radius 3 is 2.00 bits per heavy atom. The first-order valence-electron chi connectivity index (χ1n) is 8.08. The van der Waals surface area contributed by atoms with Crippen LogP contribution in [0.25, 0.3) is 6.08 Å². The first kappa shape index (κ1) is 17.9. The van der Waals surface area contributed by atoms with Gasteiger partial charge in [-0.2, -0.15) is 0 Å². The van der Waals surface area contributed by atoms with E-state index in [4.69, 9.17) is 4.42 Å². The lowest BCUT2D eigenvalue weighted by Crippen LogP contribution is -2.01. The molecule has 0 aliphatic heterocycles. The maximum Gasteiger partial charge on any atom is 0.269 e. The van der Waals surface area contributed by atoms with Gasteiger partial charge in [0.2, 0.25) is 0 Å². The van der Waals surface area contributed by atoms with Crippen molar-refractivity contribution in [3.8, 4) is 0 Å². The van der Waals surface area contributed by atoms with Crippen molar-refractivity contribution in [3.05, 3.63) is 116 Å². The van der Waals surface area contributed by atoms with Gasteiger partial charge in [0.1, 0.15) is 0 Å². The summed E-state index contributed by atoms with van der Waals surface area (Å²) in [5.41, 5.74) is 1.69. The molecule has 0 saturated carbocycles. The lowest BCUT2D eigenvalue weighted by atomic mass is 9.93. The zero-order valence-electron chi connectivity index (χ0n) is 14.1. The van der Waals surface area contributed by atoms with Crippen LogP contribution in [0, 0.1) is 26.1 Å². The SMILES string of the molecule is O=[N+]([O-])c1ccc(/C=C/[C-](Cc2ccco2)c2ccc([N+](=O)[O-])cc2)cc1. The molecule has 0 aliphatic carbocycles. The Kier molecular flexibility index (Phi) is 5.32. The van der Waals surface area contributed by atoms with Crippen LogP contribution in [0.4, 0.5) is 11.4 Å². The molecular formula is C20H15N2O5-. The largest absolute Gasteiger partial charge is 0.470 e. The van der Waals surface area contributed by atoms with Crippen LogP contribution in [0.3, 0.4) is 0 Å². The highest BCUT2D eigenvalue weighted by atomic mass is 16.6. The van der Waals surface area contributed by atoms with Crippen molar-refractivity contribution in [2.24, 2.45) is 0 Å². The van der Waals surface area contributed by atoms with E-state index >= 15 is 0 Å². The predicted octanol–water partition coefficient (Wildman–Crippen LogP) is 4.97. The molecule has 0 aliphatic rings. The van der Waals surface area contributed by atoms with Gasteiger partial charge in [0.15, 0.2) is 0 Å². The molecular weight excluding hydrogens is 348 g/mol.